The van der Waals surface area contributed by atoms with Gasteiger partial charge in [0.1, 0.15) is 5.82 Å². The number of carbonyl (C=O) groups excluding carboxylic acids is 1. The lowest BCUT2D eigenvalue weighted by atomic mass is 10.1. The standard InChI is InChI=1S/C14H20ClFN2O/c1-8(2)17-14(19)10(4)18-9(3)11-5-6-12(15)13(16)7-11/h5-10,18H,1-4H3,(H,17,19). The van der Waals surface area contributed by atoms with Gasteiger partial charge in [-0.25, -0.2) is 4.39 Å². The topological polar surface area (TPSA) is 41.1 Å². The molecule has 1 aromatic rings. The normalized spacial score (nSPS) is 14.3. The van der Waals surface area contributed by atoms with E-state index in [1.165, 1.54) is 12.1 Å². The summed E-state index contributed by atoms with van der Waals surface area (Å²) in [5.74, 6) is -0.525. The molecule has 2 atom stereocenters. The number of carbonyl (C=O) groups is 1. The van der Waals surface area contributed by atoms with Crippen molar-refractivity contribution in [3.8, 4) is 0 Å². The van der Waals surface area contributed by atoms with Gasteiger partial charge in [0.05, 0.1) is 11.1 Å². The minimum Gasteiger partial charge on any atom is -0.353 e. The fourth-order valence-electron chi connectivity index (χ4n) is 1.74. The minimum absolute atomic E-state index is 0.0729. The molecule has 5 heteroatoms. The first kappa shape index (κ1) is 15.9. The summed E-state index contributed by atoms with van der Waals surface area (Å²) in [4.78, 5) is 11.8. The zero-order valence-electron chi connectivity index (χ0n) is 11.6. The molecule has 0 aliphatic rings. The van der Waals surface area contributed by atoms with Crippen LogP contribution in [0.25, 0.3) is 0 Å². The molecule has 0 radical (unpaired) electrons. The van der Waals surface area contributed by atoms with Gasteiger partial charge >= 0.3 is 0 Å². The van der Waals surface area contributed by atoms with Gasteiger partial charge in [-0.1, -0.05) is 17.7 Å². The van der Waals surface area contributed by atoms with Gasteiger partial charge in [-0.3, -0.25) is 10.1 Å². The first-order valence-corrected chi connectivity index (χ1v) is 6.70. The molecule has 0 aromatic heterocycles. The molecule has 19 heavy (non-hydrogen) atoms. The van der Waals surface area contributed by atoms with Gasteiger partial charge in [0, 0.05) is 12.1 Å². The van der Waals surface area contributed by atoms with Crippen LogP contribution in [0.5, 0.6) is 0 Å². The van der Waals surface area contributed by atoms with Crippen LogP contribution in [0.3, 0.4) is 0 Å². The third kappa shape index (κ3) is 4.80. The number of benzene rings is 1. The summed E-state index contributed by atoms with van der Waals surface area (Å²) in [7, 11) is 0. The zero-order valence-corrected chi connectivity index (χ0v) is 12.4. The van der Waals surface area contributed by atoms with Crippen molar-refractivity contribution in [3.63, 3.8) is 0 Å². The lowest BCUT2D eigenvalue weighted by molar-refractivity contribution is -0.123. The molecule has 0 aliphatic heterocycles. The van der Waals surface area contributed by atoms with E-state index in [9.17, 15) is 9.18 Å². The van der Waals surface area contributed by atoms with Crippen molar-refractivity contribution < 1.29 is 9.18 Å². The molecule has 0 fully saturated rings. The first-order chi connectivity index (χ1) is 8.81. The van der Waals surface area contributed by atoms with Crippen LogP contribution in [-0.4, -0.2) is 18.0 Å². The van der Waals surface area contributed by atoms with Crippen LogP contribution in [0, 0.1) is 5.82 Å². The van der Waals surface area contributed by atoms with Crippen LogP contribution in [0.2, 0.25) is 5.02 Å². The van der Waals surface area contributed by atoms with Crippen molar-refractivity contribution in [1.82, 2.24) is 10.6 Å². The fourth-order valence-corrected chi connectivity index (χ4v) is 1.86. The Balaban J connectivity index is 2.65. The van der Waals surface area contributed by atoms with Gasteiger partial charge in [0.2, 0.25) is 5.91 Å². The summed E-state index contributed by atoms with van der Waals surface area (Å²) in [5.41, 5.74) is 0.756. The van der Waals surface area contributed by atoms with Crippen molar-refractivity contribution >= 4 is 17.5 Å². The maximum atomic E-state index is 13.4. The first-order valence-electron chi connectivity index (χ1n) is 6.32. The quantitative estimate of drug-likeness (QED) is 0.873. The average Bonchev–Trinajstić information content (AvgIpc) is 2.31. The molecule has 1 aromatic carbocycles. The lowest BCUT2D eigenvalue weighted by Gasteiger charge is -2.21. The van der Waals surface area contributed by atoms with E-state index in [2.05, 4.69) is 10.6 Å². The molecule has 3 nitrogen and oxygen atoms in total. The summed E-state index contributed by atoms with van der Waals surface area (Å²) in [5, 5.41) is 6.05. The number of amides is 1. The number of nitrogens with one attached hydrogen (secondary N) is 2. The summed E-state index contributed by atoms with van der Waals surface area (Å²) >= 11 is 5.64. The molecule has 0 bridgehead atoms. The van der Waals surface area contributed by atoms with Crippen molar-refractivity contribution in [2.75, 3.05) is 0 Å². The second-order valence-electron chi connectivity index (χ2n) is 4.95. The van der Waals surface area contributed by atoms with Crippen LogP contribution in [0.15, 0.2) is 18.2 Å². The van der Waals surface area contributed by atoms with Crippen LogP contribution >= 0.6 is 11.6 Å². The summed E-state index contributed by atoms with van der Waals surface area (Å²) < 4.78 is 13.4. The van der Waals surface area contributed by atoms with Gasteiger partial charge in [0.25, 0.3) is 0 Å². The van der Waals surface area contributed by atoms with E-state index in [1.54, 1.807) is 13.0 Å². The van der Waals surface area contributed by atoms with E-state index in [4.69, 9.17) is 11.6 Å². The number of halogens is 2. The number of hydrogen-bond acceptors (Lipinski definition) is 2. The highest BCUT2D eigenvalue weighted by Crippen LogP contribution is 2.20. The Labute approximate surface area is 118 Å². The average molecular weight is 287 g/mol. The summed E-state index contributed by atoms with van der Waals surface area (Å²) in [6, 6.07) is 4.25. The lowest BCUT2D eigenvalue weighted by Crippen LogP contribution is -2.45. The molecule has 106 valence electrons. The third-order valence-electron chi connectivity index (χ3n) is 2.77. The van der Waals surface area contributed by atoms with Crippen molar-refractivity contribution in [2.45, 2.75) is 45.8 Å². The van der Waals surface area contributed by atoms with E-state index in [0.717, 1.165) is 5.56 Å². The molecule has 1 amide bonds. The summed E-state index contributed by atoms with van der Waals surface area (Å²) in [6.07, 6.45) is 0. The SMILES string of the molecule is CC(C)NC(=O)C(C)NC(C)c1ccc(Cl)c(F)c1. The van der Waals surface area contributed by atoms with Crippen molar-refractivity contribution in [3.05, 3.63) is 34.6 Å². The van der Waals surface area contributed by atoms with Gasteiger partial charge < -0.3 is 5.32 Å². The van der Waals surface area contributed by atoms with E-state index < -0.39 is 5.82 Å². The molecular formula is C14H20ClFN2O. The van der Waals surface area contributed by atoms with Gasteiger partial charge in [-0.15, -0.1) is 0 Å². The molecular weight excluding hydrogens is 267 g/mol. The zero-order chi connectivity index (χ0) is 14.6. The van der Waals surface area contributed by atoms with Crippen LogP contribution in [0.1, 0.15) is 39.3 Å². The Hall–Kier alpha value is -1.13. The molecule has 0 saturated carbocycles. The molecule has 0 saturated heterocycles. The van der Waals surface area contributed by atoms with Crippen LogP contribution in [-0.2, 0) is 4.79 Å². The predicted octanol–water partition coefficient (Wildman–Crippen LogP) is 3.04. The second-order valence-corrected chi connectivity index (χ2v) is 5.35. The molecule has 0 spiro atoms. The van der Waals surface area contributed by atoms with Gasteiger partial charge in [-0.2, -0.15) is 0 Å². The third-order valence-corrected chi connectivity index (χ3v) is 3.07. The second kappa shape index (κ2) is 6.87. The highest BCUT2D eigenvalue weighted by molar-refractivity contribution is 6.30. The largest absolute Gasteiger partial charge is 0.353 e. The molecule has 2 N–H and O–H groups in total. The Kier molecular flexibility index (Phi) is 5.76. The molecule has 1 rings (SSSR count). The van der Waals surface area contributed by atoms with E-state index in [0.29, 0.717) is 0 Å². The van der Waals surface area contributed by atoms with Gasteiger partial charge in [-0.05, 0) is 45.4 Å². The van der Waals surface area contributed by atoms with E-state index in [1.807, 2.05) is 20.8 Å². The maximum absolute atomic E-state index is 13.4. The molecule has 2 unspecified atom stereocenters. The highest BCUT2D eigenvalue weighted by Gasteiger charge is 2.17. The Morgan fingerprint density at radius 2 is 1.89 bits per heavy atom. The summed E-state index contributed by atoms with van der Waals surface area (Å²) in [6.45, 7) is 7.47. The van der Waals surface area contributed by atoms with E-state index in [-0.39, 0.29) is 29.1 Å². The Morgan fingerprint density at radius 1 is 1.26 bits per heavy atom. The smallest absolute Gasteiger partial charge is 0.237 e. The fraction of sp³-hybridized carbons (Fsp3) is 0.500. The van der Waals surface area contributed by atoms with Crippen LogP contribution in [0.4, 0.5) is 4.39 Å². The van der Waals surface area contributed by atoms with Gasteiger partial charge in [0.15, 0.2) is 0 Å². The van der Waals surface area contributed by atoms with E-state index >= 15 is 0 Å². The Morgan fingerprint density at radius 3 is 2.42 bits per heavy atom. The highest BCUT2D eigenvalue weighted by atomic mass is 35.5. The monoisotopic (exact) mass is 286 g/mol. The van der Waals surface area contributed by atoms with Crippen molar-refractivity contribution in [1.29, 1.82) is 0 Å². The molecule has 0 heterocycles. The maximum Gasteiger partial charge on any atom is 0.237 e. The number of rotatable bonds is 5. The number of hydrogen-bond donors (Lipinski definition) is 2. The Bertz CT molecular complexity index is 451. The molecule has 0 aliphatic carbocycles. The van der Waals surface area contributed by atoms with Crippen molar-refractivity contribution in [2.24, 2.45) is 0 Å². The minimum atomic E-state index is -0.452. The predicted molar refractivity (Wildman–Crippen MR) is 75.7 cm³/mol. The van der Waals surface area contributed by atoms with Crippen LogP contribution < -0.4 is 10.6 Å².